The number of carbonyl (C=O) groups is 3. The molecule has 3 amide bonds. The molecule has 3 aromatic rings. The van der Waals surface area contributed by atoms with E-state index in [4.69, 9.17) is 16.0 Å². The van der Waals surface area contributed by atoms with E-state index < -0.39 is 23.9 Å². The number of hydrogen-bond acceptors (Lipinski definition) is 4. The highest BCUT2D eigenvalue weighted by atomic mass is 35.5. The van der Waals surface area contributed by atoms with Gasteiger partial charge in [0.2, 0.25) is 5.91 Å². The molecule has 0 N–H and O–H groups in total. The monoisotopic (exact) mass is 422 g/mol. The van der Waals surface area contributed by atoms with Gasteiger partial charge in [-0.2, -0.15) is 0 Å². The van der Waals surface area contributed by atoms with Crippen molar-refractivity contribution < 1.29 is 18.8 Å². The molecule has 30 heavy (non-hydrogen) atoms. The van der Waals surface area contributed by atoms with Gasteiger partial charge in [-0.15, -0.1) is 0 Å². The Bertz CT molecular complexity index is 1060. The standard InChI is InChI=1S/C23H19ClN2O4/c1-15(16-6-3-2-4-7-16)25(23(29)20-8-5-13-30-20)19-14-21(27)26(22(19)28)18-11-9-17(24)10-12-18/h2-13,15,19H,14H2,1H3. The van der Waals surface area contributed by atoms with Gasteiger partial charge >= 0.3 is 0 Å². The van der Waals surface area contributed by atoms with Crippen LogP contribution in [0, 0.1) is 0 Å². The minimum Gasteiger partial charge on any atom is -0.459 e. The second kappa shape index (κ2) is 8.16. The lowest BCUT2D eigenvalue weighted by Crippen LogP contribution is -2.46. The van der Waals surface area contributed by atoms with E-state index in [1.54, 1.807) is 36.4 Å². The average Bonchev–Trinajstić information content (AvgIpc) is 3.39. The number of anilines is 1. The predicted molar refractivity (Wildman–Crippen MR) is 112 cm³/mol. The van der Waals surface area contributed by atoms with E-state index in [0.29, 0.717) is 10.7 Å². The molecule has 0 saturated carbocycles. The van der Waals surface area contributed by atoms with Gasteiger partial charge < -0.3 is 9.32 Å². The minimum absolute atomic E-state index is 0.106. The predicted octanol–water partition coefficient (Wildman–Crippen LogP) is 4.47. The SMILES string of the molecule is CC(c1ccccc1)N(C(=O)c1ccco1)C1CC(=O)N(c2ccc(Cl)cc2)C1=O. The lowest BCUT2D eigenvalue weighted by atomic mass is 10.0. The highest BCUT2D eigenvalue weighted by Crippen LogP contribution is 2.32. The third kappa shape index (κ3) is 3.62. The van der Waals surface area contributed by atoms with Gasteiger partial charge in [-0.1, -0.05) is 41.9 Å². The summed E-state index contributed by atoms with van der Waals surface area (Å²) in [7, 11) is 0. The van der Waals surface area contributed by atoms with Crippen molar-refractivity contribution in [1.82, 2.24) is 4.90 Å². The Kier molecular flexibility index (Phi) is 5.42. The molecular formula is C23H19ClN2O4. The van der Waals surface area contributed by atoms with E-state index in [9.17, 15) is 14.4 Å². The van der Waals surface area contributed by atoms with Crippen molar-refractivity contribution in [2.75, 3.05) is 4.90 Å². The van der Waals surface area contributed by atoms with Gasteiger partial charge in [-0.05, 0) is 48.9 Å². The Morgan fingerprint density at radius 1 is 1.07 bits per heavy atom. The maximum absolute atomic E-state index is 13.3. The van der Waals surface area contributed by atoms with Gasteiger partial charge in [0.05, 0.1) is 24.4 Å². The van der Waals surface area contributed by atoms with Gasteiger partial charge in [0, 0.05) is 5.02 Å². The van der Waals surface area contributed by atoms with Crippen molar-refractivity contribution in [3.05, 3.63) is 89.3 Å². The Hall–Kier alpha value is -3.38. The molecule has 0 aliphatic carbocycles. The quantitative estimate of drug-likeness (QED) is 0.569. The normalized spacial score (nSPS) is 17.3. The van der Waals surface area contributed by atoms with Crippen molar-refractivity contribution in [3.63, 3.8) is 0 Å². The summed E-state index contributed by atoms with van der Waals surface area (Å²) in [6.45, 7) is 1.83. The van der Waals surface area contributed by atoms with Gasteiger partial charge in [-0.3, -0.25) is 14.4 Å². The summed E-state index contributed by atoms with van der Waals surface area (Å²) in [5.74, 6) is -1.15. The Morgan fingerprint density at radius 2 is 1.77 bits per heavy atom. The highest BCUT2D eigenvalue weighted by molar-refractivity contribution is 6.31. The summed E-state index contributed by atoms with van der Waals surface area (Å²) in [6.07, 6.45) is 1.30. The topological polar surface area (TPSA) is 70.8 Å². The van der Waals surface area contributed by atoms with Crippen molar-refractivity contribution in [2.24, 2.45) is 0 Å². The molecule has 4 rings (SSSR count). The zero-order valence-electron chi connectivity index (χ0n) is 16.2. The van der Waals surface area contributed by atoms with Crippen molar-refractivity contribution in [2.45, 2.75) is 25.4 Å². The molecule has 0 radical (unpaired) electrons. The minimum atomic E-state index is -0.944. The lowest BCUT2D eigenvalue weighted by Gasteiger charge is -2.33. The average molecular weight is 423 g/mol. The van der Waals surface area contributed by atoms with Crippen LogP contribution in [0.2, 0.25) is 5.02 Å². The molecular weight excluding hydrogens is 404 g/mol. The van der Waals surface area contributed by atoms with Crippen LogP contribution >= 0.6 is 11.6 Å². The van der Waals surface area contributed by atoms with Gasteiger partial charge in [-0.25, -0.2) is 4.90 Å². The molecule has 2 aromatic carbocycles. The van der Waals surface area contributed by atoms with Crippen LogP contribution in [0.1, 0.15) is 35.5 Å². The Morgan fingerprint density at radius 3 is 2.40 bits per heavy atom. The van der Waals surface area contributed by atoms with Gasteiger partial charge in [0.1, 0.15) is 6.04 Å². The summed E-state index contributed by atoms with van der Waals surface area (Å²) < 4.78 is 5.29. The summed E-state index contributed by atoms with van der Waals surface area (Å²) in [5.41, 5.74) is 1.28. The molecule has 2 unspecified atom stereocenters. The van der Waals surface area contributed by atoms with E-state index in [1.807, 2.05) is 37.3 Å². The number of nitrogens with zero attached hydrogens (tertiary/aromatic N) is 2. The number of furan rings is 1. The van der Waals surface area contributed by atoms with E-state index in [0.717, 1.165) is 10.5 Å². The molecule has 6 nitrogen and oxygen atoms in total. The molecule has 1 aliphatic rings. The fourth-order valence-electron chi connectivity index (χ4n) is 3.70. The van der Waals surface area contributed by atoms with Crippen molar-refractivity contribution in [1.29, 1.82) is 0 Å². The smallest absolute Gasteiger partial charge is 0.290 e. The van der Waals surface area contributed by atoms with E-state index in [-0.39, 0.29) is 18.1 Å². The van der Waals surface area contributed by atoms with Crippen LogP contribution < -0.4 is 4.90 Å². The first-order valence-corrected chi connectivity index (χ1v) is 9.88. The first-order chi connectivity index (χ1) is 14.5. The third-order valence-electron chi connectivity index (χ3n) is 5.21. The maximum atomic E-state index is 13.3. The fraction of sp³-hybridized carbons (Fsp3) is 0.174. The van der Waals surface area contributed by atoms with Crippen LogP contribution in [0.3, 0.4) is 0 Å². The number of hydrogen-bond donors (Lipinski definition) is 0. The van der Waals surface area contributed by atoms with Crippen LogP contribution in [-0.4, -0.2) is 28.7 Å². The maximum Gasteiger partial charge on any atom is 0.290 e. The number of benzene rings is 2. The molecule has 7 heteroatoms. The van der Waals surface area contributed by atoms with E-state index in [2.05, 4.69) is 0 Å². The fourth-order valence-corrected chi connectivity index (χ4v) is 3.83. The second-order valence-corrected chi connectivity index (χ2v) is 7.48. The molecule has 1 fully saturated rings. The highest BCUT2D eigenvalue weighted by Gasteiger charge is 2.46. The molecule has 2 heterocycles. The van der Waals surface area contributed by atoms with Crippen LogP contribution in [0.15, 0.2) is 77.4 Å². The molecule has 1 aliphatic heterocycles. The second-order valence-electron chi connectivity index (χ2n) is 7.04. The summed E-state index contributed by atoms with van der Waals surface area (Å²) in [5, 5.41) is 0.502. The Balaban J connectivity index is 1.71. The number of rotatable bonds is 5. The molecule has 1 saturated heterocycles. The van der Waals surface area contributed by atoms with Gasteiger partial charge in [0.15, 0.2) is 5.76 Å². The summed E-state index contributed by atoms with van der Waals surface area (Å²) in [6, 6.07) is 17.6. The van der Waals surface area contributed by atoms with Crippen molar-refractivity contribution in [3.8, 4) is 0 Å². The van der Waals surface area contributed by atoms with Crippen LogP contribution in [0.4, 0.5) is 5.69 Å². The first kappa shape index (κ1) is 19.9. The zero-order chi connectivity index (χ0) is 21.3. The molecule has 0 bridgehead atoms. The lowest BCUT2D eigenvalue weighted by molar-refractivity contribution is -0.123. The summed E-state index contributed by atoms with van der Waals surface area (Å²) >= 11 is 5.93. The van der Waals surface area contributed by atoms with Crippen LogP contribution in [0.25, 0.3) is 0 Å². The Labute approximate surface area is 178 Å². The summed E-state index contributed by atoms with van der Waals surface area (Å²) in [4.78, 5) is 41.9. The van der Waals surface area contributed by atoms with E-state index in [1.165, 1.54) is 11.2 Å². The van der Waals surface area contributed by atoms with Crippen LogP contribution in [-0.2, 0) is 9.59 Å². The van der Waals surface area contributed by atoms with Gasteiger partial charge in [0.25, 0.3) is 11.8 Å². The largest absolute Gasteiger partial charge is 0.459 e. The number of imide groups is 1. The third-order valence-corrected chi connectivity index (χ3v) is 5.46. The molecule has 0 spiro atoms. The number of amides is 3. The molecule has 1 aromatic heterocycles. The van der Waals surface area contributed by atoms with Crippen molar-refractivity contribution >= 4 is 35.0 Å². The molecule has 2 atom stereocenters. The first-order valence-electron chi connectivity index (χ1n) is 9.51. The number of halogens is 1. The molecule has 152 valence electrons. The zero-order valence-corrected chi connectivity index (χ0v) is 17.0. The number of carbonyl (C=O) groups excluding carboxylic acids is 3. The van der Waals surface area contributed by atoms with E-state index >= 15 is 0 Å². The van der Waals surface area contributed by atoms with Crippen LogP contribution in [0.5, 0.6) is 0 Å².